The lowest BCUT2D eigenvalue weighted by molar-refractivity contribution is 0.520. The van der Waals surface area contributed by atoms with E-state index in [4.69, 9.17) is 5.73 Å². The van der Waals surface area contributed by atoms with E-state index in [2.05, 4.69) is 21.0 Å². The van der Waals surface area contributed by atoms with E-state index in [0.717, 1.165) is 0 Å². The van der Waals surface area contributed by atoms with Gasteiger partial charge < -0.3 is 5.73 Å². The molecule has 6 heteroatoms. The molecule has 18 heavy (non-hydrogen) atoms. The predicted molar refractivity (Wildman–Crippen MR) is 67.9 cm³/mol. The van der Waals surface area contributed by atoms with Crippen LogP contribution in [0.3, 0.4) is 0 Å². The highest BCUT2D eigenvalue weighted by Crippen LogP contribution is 2.25. The van der Waals surface area contributed by atoms with Crippen molar-refractivity contribution in [3.05, 3.63) is 51.8 Å². The molecule has 2 rings (SSSR count). The average molecular weight is 316 g/mol. The molecule has 1 unspecified atom stereocenters. The summed E-state index contributed by atoms with van der Waals surface area (Å²) in [6.07, 6.45) is 2.05. The van der Waals surface area contributed by atoms with Gasteiger partial charge in [-0.05, 0) is 18.2 Å². The molecule has 0 bridgehead atoms. The molecule has 0 fully saturated rings. The number of aromatic nitrogens is 2. The summed E-state index contributed by atoms with van der Waals surface area (Å²) in [4.78, 5) is 0. The van der Waals surface area contributed by atoms with E-state index in [1.54, 1.807) is 24.0 Å². The van der Waals surface area contributed by atoms with Gasteiger partial charge in [0, 0.05) is 35.7 Å². The van der Waals surface area contributed by atoms with Crippen molar-refractivity contribution < 1.29 is 8.78 Å². The molecular weight excluding hydrogens is 304 g/mol. The smallest absolute Gasteiger partial charge is 0.132 e. The third kappa shape index (κ3) is 2.76. The summed E-state index contributed by atoms with van der Waals surface area (Å²) in [5, 5.41) is 4.14. The second-order valence-electron chi connectivity index (χ2n) is 4.07. The highest BCUT2D eigenvalue weighted by atomic mass is 79.9. The monoisotopic (exact) mass is 315 g/mol. The molecule has 0 saturated heterocycles. The van der Waals surface area contributed by atoms with Crippen LogP contribution in [0.2, 0.25) is 0 Å². The maximum Gasteiger partial charge on any atom is 0.132 e. The molecule has 0 aliphatic carbocycles. The Morgan fingerprint density at radius 2 is 2.00 bits per heavy atom. The minimum Gasteiger partial charge on any atom is -0.323 e. The van der Waals surface area contributed by atoms with Crippen LogP contribution < -0.4 is 5.73 Å². The summed E-state index contributed by atoms with van der Waals surface area (Å²) in [5.41, 5.74) is 6.44. The molecule has 0 aliphatic rings. The summed E-state index contributed by atoms with van der Waals surface area (Å²) in [5.74, 6) is -1.30. The van der Waals surface area contributed by atoms with Gasteiger partial charge in [-0.15, -0.1) is 0 Å². The van der Waals surface area contributed by atoms with Crippen LogP contribution in [0, 0.1) is 11.6 Å². The van der Waals surface area contributed by atoms with Crippen LogP contribution in [0.5, 0.6) is 0 Å². The molecular formula is C12H12BrF2N3. The van der Waals surface area contributed by atoms with Crippen molar-refractivity contribution in [3.63, 3.8) is 0 Å². The van der Waals surface area contributed by atoms with Crippen LogP contribution in [0.25, 0.3) is 0 Å². The number of hydrogen-bond donors (Lipinski definition) is 1. The highest BCUT2D eigenvalue weighted by Gasteiger charge is 2.18. The Morgan fingerprint density at radius 3 is 2.50 bits per heavy atom. The first-order chi connectivity index (χ1) is 8.47. The van der Waals surface area contributed by atoms with E-state index < -0.39 is 17.7 Å². The van der Waals surface area contributed by atoms with Crippen LogP contribution in [-0.4, -0.2) is 9.78 Å². The quantitative estimate of drug-likeness (QED) is 0.946. The van der Waals surface area contributed by atoms with Gasteiger partial charge in [-0.1, -0.05) is 15.9 Å². The molecule has 2 aromatic rings. The number of aryl methyl sites for hydroxylation is 1. The molecule has 0 aliphatic heterocycles. The van der Waals surface area contributed by atoms with E-state index in [-0.39, 0.29) is 12.0 Å². The Hall–Kier alpha value is -1.27. The summed E-state index contributed by atoms with van der Waals surface area (Å²) in [7, 11) is 1.77. The SMILES string of the molecule is Cn1ccc(CC(N)c2c(F)cc(Br)cc2F)n1. The Bertz CT molecular complexity index is 545. The van der Waals surface area contributed by atoms with Crippen LogP contribution in [0.15, 0.2) is 28.9 Å². The van der Waals surface area contributed by atoms with Gasteiger partial charge in [-0.3, -0.25) is 4.68 Å². The van der Waals surface area contributed by atoms with E-state index in [0.29, 0.717) is 10.2 Å². The van der Waals surface area contributed by atoms with Crippen molar-refractivity contribution >= 4 is 15.9 Å². The van der Waals surface area contributed by atoms with E-state index in [1.165, 1.54) is 12.1 Å². The molecule has 1 atom stereocenters. The van der Waals surface area contributed by atoms with E-state index in [1.807, 2.05) is 0 Å². The van der Waals surface area contributed by atoms with Crippen molar-refractivity contribution in [2.75, 3.05) is 0 Å². The highest BCUT2D eigenvalue weighted by molar-refractivity contribution is 9.10. The van der Waals surface area contributed by atoms with Gasteiger partial charge in [0.2, 0.25) is 0 Å². The molecule has 2 N–H and O–H groups in total. The fraction of sp³-hybridized carbons (Fsp3) is 0.250. The topological polar surface area (TPSA) is 43.8 Å². The number of hydrogen-bond acceptors (Lipinski definition) is 2. The molecule has 0 amide bonds. The molecule has 1 heterocycles. The van der Waals surface area contributed by atoms with Crippen molar-refractivity contribution in [2.24, 2.45) is 12.8 Å². The van der Waals surface area contributed by atoms with Crippen molar-refractivity contribution in [1.82, 2.24) is 9.78 Å². The van der Waals surface area contributed by atoms with E-state index >= 15 is 0 Å². The summed E-state index contributed by atoms with van der Waals surface area (Å²) in [6.45, 7) is 0. The standard InChI is InChI=1S/C12H12BrF2N3/c1-18-3-2-8(17-18)6-11(16)12-9(14)4-7(13)5-10(12)15/h2-5,11H,6,16H2,1H3. The lowest BCUT2D eigenvalue weighted by Gasteiger charge is -2.13. The molecule has 0 spiro atoms. The third-order valence-electron chi connectivity index (χ3n) is 2.61. The zero-order valence-electron chi connectivity index (χ0n) is 9.70. The third-order valence-corrected chi connectivity index (χ3v) is 3.07. The molecule has 0 saturated carbocycles. The Labute approximate surface area is 112 Å². The summed E-state index contributed by atoms with van der Waals surface area (Å²) >= 11 is 3.03. The zero-order valence-corrected chi connectivity index (χ0v) is 11.3. The minimum absolute atomic E-state index is 0.108. The maximum atomic E-state index is 13.7. The van der Waals surface area contributed by atoms with Crippen LogP contribution >= 0.6 is 15.9 Å². The second-order valence-corrected chi connectivity index (χ2v) is 4.99. The molecule has 1 aromatic carbocycles. The lowest BCUT2D eigenvalue weighted by Crippen LogP contribution is -2.17. The summed E-state index contributed by atoms with van der Waals surface area (Å²) in [6, 6.07) is 3.43. The molecule has 96 valence electrons. The number of nitrogens with zero attached hydrogens (tertiary/aromatic N) is 2. The molecule has 3 nitrogen and oxygen atoms in total. The first kappa shape index (κ1) is 13.2. The van der Waals surface area contributed by atoms with Crippen molar-refractivity contribution in [2.45, 2.75) is 12.5 Å². The zero-order chi connectivity index (χ0) is 13.3. The predicted octanol–water partition coefficient (Wildman–Crippen LogP) is 2.70. The first-order valence-electron chi connectivity index (χ1n) is 5.36. The van der Waals surface area contributed by atoms with Crippen molar-refractivity contribution in [3.8, 4) is 0 Å². The number of rotatable bonds is 3. The molecule has 1 aromatic heterocycles. The minimum atomic E-state index is -0.756. The number of halogens is 3. The normalized spacial score (nSPS) is 12.7. The largest absolute Gasteiger partial charge is 0.323 e. The average Bonchev–Trinajstić information content (AvgIpc) is 2.62. The fourth-order valence-electron chi connectivity index (χ4n) is 1.81. The van der Waals surface area contributed by atoms with Crippen LogP contribution in [0.4, 0.5) is 8.78 Å². The molecule has 0 radical (unpaired) electrons. The van der Waals surface area contributed by atoms with Crippen LogP contribution in [-0.2, 0) is 13.5 Å². The Balaban J connectivity index is 2.26. The fourth-order valence-corrected chi connectivity index (χ4v) is 2.21. The van der Waals surface area contributed by atoms with Gasteiger partial charge in [0.15, 0.2) is 0 Å². The lowest BCUT2D eigenvalue weighted by atomic mass is 10.0. The number of benzene rings is 1. The van der Waals surface area contributed by atoms with Gasteiger partial charge in [0.05, 0.1) is 5.69 Å². The van der Waals surface area contributed by atoms with E-state index in [9.17, 15) is 8.78 Å². The second kappa shape index (κ2) is 5.16. The van der Waals surface area contributed by atoms with Crippen molar-refractivity contribution in [1.29, 1.82) is 0 Å². The Kier molecular flexibility index (Phi) is 3.77. The number of nitrogens with two attached hydrogens (primary N) is 1. The van der Waals surface area contributed by atoms with Crippen LogP contribution in [0.1, 0.15) is 17.3 Å². The van der Waals surface area contributed by atoms with Gasteiger partial charge in [0.25, 0.3) is 0 Å². The first-order valence-corrected chi connectivity index (χ1v) is 6.15. The van der Waals surface area contributed by atoms with Gasteiger partial charge in [0.1, 0.15) is 11.6 Å². The van der Waals surface area contributed by atoms with Gasteiger partial charge in [-0.25, -0.2) is 8.78 Å². The van der Waals surface area contributed by atoms with Gasteiger partial charge >= 0.3 is 0 Å². The Morgan fingerprint density at radius 1 is 1.39 bits per heavy atom. The van der Waals surface area contributed by atoms with Gasteiger partial charge in [-0.2, -0.15) is 5.10 Å². The summed E-state index contributed by atoms with van der Waals surface area (Å²) < 4.78 is 29.4. The maximum absolute atomic E-state index is 13.7.